The zero-order chi connectivity index (χ0) is 19.7. The first kappa shape index (κ1) is 17.7. The summed E-state index contributed by atoms with van der Waals surface area (Å²) in [5, 5.41) is 5.27. The predicted molar refractivity (Wildman–Crippen MR) is 106 cm³/mol. The number of H-pyrrole nitrogens is 1. The van der Waals surface area contributed by atoms with Crippen LogP contribution in [0.1, 0.15) is 18.4 Å². The number of hydrogen-bond acceptors (Lipinski definition) is 4. The molecule has 3 aromatic heterocycles. The molecule has 0 unspecified atom stereocenters. The number of nitrogens with two attached hydrogens (primary N) is 1. The summed E-state index contributed by atoms with van der Waals surface area (Å²) in [4.78, 5) is 30.8. The molecule has 0 bridgehead atoms. The molecule has 0 aliphatic heterocycles. The van der Waals surface area contributed by atoms with E-state index >= 15 is 0 Å². The lowest BCUT2D eigenvalue weighted by Gasteiger charge is -2.07. The van der Waals surface area contributed by atoms with E-state index in [0.29, 0.717) is 30.8 Å². The number of aryl methyl sites for hydroxylation is 2. The lowest BCUT2D eigenvalue weighted by atomic mass is 10.1. The number of fused-ring (bicyclic) bond motifs is 1. The number of primary amides is 1. The Morgan fingerprint density at radius 3 is 2.96 bits per heavy atom. The van der Waals surface area contributed by atoms with Crippen molar-refractivity contribution >= 4 is 16.8 Å². The van der Waals surface area contributed by atoms with Crippen LogP contribution in [0.15, 0.2) is 53.8 Å². The van der Waals surface area contributed by atoms with Crippen molar-refractivity contribution in [2.75, 3.05) is 0 Å². The van der Waals surface area contributed by atoms with Crippen LogP contribution < -0.4 is 11.3 Å². The molecule has 3 N–H and O–H groups in total. The summed E-state index contributed by atoms with van der Waals surface area (Å²) in [6.45, 7) is 2.60. The first-order valence-corrected chi connectivity index (χ1v) is 9.00. The maximum atomic E-state index is 12.6. The third-order valence-electron chi connectivity index (χ3n) is 4.59. The van der Waals surface area contributed by atoms with Crippen molar-refractivity contribution in [3.8, 4) is 17.1 Å². The quantitative estimate of drug-likeness (QED) is 0.537. The molecule has 4 rings (SSSR count). The monoisotopic (exact) mass is 376 g/mol. The Labute approximate surface area is 160 Å². The molecule has 1 aromatic carbocycles. The number of nitrogens with zero attached hydrogens (tertiary/aromatic N) is 4. The van der Waals surface area contributed by atoms with E-state index in [0.717, 1.165) is 22.2 Å². The van der Waals surface area contributed by atoms with E-state index in [-0.39, 0.29) is 11.5 Å². The van der Waals surface area contributed by atoms with Gasteiger partial charge in [-0.3, -0.25) is 18.8 Å². The van der Waals surface area contributed by atoms with Crippen LogP contribution in [0.25, 0.3) is 28.0 Å². The lowest BCUT2D eigenvalue weighted by Crippen LogP contribution is -2.12. The number of hydrogen-bond donors (Lipinski definition) is 2. The second-order valence-corrected chi connectivity index (χ2v) is 6.76. The first-order chi connectivity index (χ1) is 13.5. The molecule has 28 heavy (non-hydrogen) atoms. The molecule has 0 fully saturated rings. The number of aromatic amines is 1. The highest BCUT2D eigenvalue weighted by Gasteiger charge is 2.14. The summed E-state index contributed by atoms with van der Waals surface area (Å²) in [5.41, 5.74) is 8.16. The molecular weight excluding hydrogens is 356 g/mol. The van der Waals surface area contributed by atoms with Crippen molar-refractivity contribution in [1.82, 2.24) is 24.3 Å². The number of carbonyl (C=O) groups is 1. The zero-order valence-corrected chi connectivity index (χ0v) is 15.4. The average molecular weight is 376 g/mol. The van der Waals surface area contributed by atoms with Gasteiger partial charge in [-0.25, -0.2) is 4.98 Å². The Morgan fingerprint density at radius 2 is 2.14 bits per heavy atom. The fourth-order valence-corrected chi connectivity index (χ4v) is 3.22. The molecule has 0 spiro atoms. The fraction of sp³-hybridized carbons (Fsp3) is 0.200. The third kappa shape index (κ3) is 3.44. The van der Waals surface area contributed by atoms with Gasteiger partial charge < -0.3 is 10.7 Å². The molecule has 8 heteroatoms. The molecule has 142 valence electrons. The Hall–Kier alpha value is -3.68. The van der Waals surface area contributed by atoms with Gasteiger partial charge in [0.15, 0.2) is 0 Å². The molecule has 3 heterocycles. The van der Waals surface area contributed by atoms with Crippen LogP contribution in [0.3, 0.4) is 0 Å². The number of amides is 1. The van der Waals surface area contributed by atoms with Crippen molar-refractivity contribution in [1.29, 1.82) is 0 Å². The van der Waals surface area contributed by atoms with Crippen LogP contribution >= 0.6 is 0 Å². The molecule has 0 atom stereocenters. The summed E-state index contributed by atoms with van der Waals surface area (Å²) < 4.78 is 3.57. The van der Waals surface area contributed by atoms with Gasteiger partial charge in [0.25, 0.3) is 5.56 Å². The molecule has 0 aliphatic carbocycles. The van der Waals surface area contributed by atoms with Gasteiger partial charge in [0, 0.05) is 37.1 Å². The second-order valence-electron chi connectivity index (χ2n) is 6.76. The number of nitrogens with one attached hydrogen (secondary N) is 1. The van der Waals surface area contributed by atoms with Gasteiger partial charge in [-0.15, -0.1) is 0 Å². The summed E-state index contributed by atoms with van der Waals surface area (Å²) in [6.07, 6.45) is 7.94. The van der Waals surface area contributed by atoms with Gasteiger partial charge in [-0.05, 0) is 36.9 Å². The Bertz CT molecular complexity index is 1220. The van der Waals surface area contributed by atoms with Gasteiger partial charge in [0.2, 0.25) is 5.91 Å². The topological polar surface area (TPSA) is 112 Å². The normalized spacial score (nSPS) is 11.2. The number of pyridine rings is 1. The second kappa shape index (κ2) is 7.15. The minimum atomic E-state index is -0.324. The van der Waals surface area contributed by atoms with E-state index in [1.807, 2.05) is 42.0 Å². The van der Waals surface area contributed by atoms with Gasteiger partial charge in [-0.1, -0.05) is 11.6 Å². The highest BCUT2D eigenvalue weighted by atomic mass is 16.1. The van der Waals surface area contributed by atoms with Crippen molar-refractivity contribution in [2.45, 2.75) is 26.3 Å². The fourth-order valence-electron chi connectivity index (χ4n) is 3.22. The largest absolute Gasteiger partial charge is 0.370 e. The molecular formula is C20H20N6O2. The van der Waals surface area contributed by atoms with Gasteiger partial charge in [0.05, 0.1) is 17.4 Å². The average Bonchev–Trinajstić information content (AvgIpc) is 3.30. The maximum absolute atomic E-state index is 12.6. The molecule has 0 radical (unpaired) electrons. The highest BCUT2D eigenvalue weighted by molar-refractivity contribution is 5.83. The van der Waals surface area contributed by atoms with E-state index in [2.05, 4.69) is 15.1 Å². The van der Waals surface area contributed by atoms with E-state index in [1.54, 1.807) is 23.3 Å². The van der Waals surface area contributed by atoms with Crippen LogP contribution in [0, 0.1) is 6.92 Å². The van der Waals surface area contributed by atoms with Crippen LogP contribution in [0.4, 0.5) is 0 Å². The van der Waals surface area contributed by atoms with E-state index < -0.39 is 0 Å². The highest BCUT2D eigenvalue weighted by Crippen LogP contribution is 2.22. The minimum Gasteiger partial charge on any atom is -0.370 e. The molecule has 0 saturated carbocycles. The van der Waals surface area contributed by atoms with Crippen LogP contribution in [-0.2, 0) is 11.3 Å². The van der Waals surface area contributed by atoms with Gasteiger partial charge in [-0.2, -0.15) is 5.10 Å². The van der Waals surface area contributed by atoms with Crippen molar-refractivity contribution < 1.29 is 4.79 Å². The van der Waals surface area contributed by atoms with Crippen molar-refractivity contribution in [2.24, 2.45) is 5.73 Å². The SMILES string of the molecule is Cc1ccc2[nH]c(=O)c(-c3nccn3-c3cnn(CCCC(N)=O)c3)cc2c1. The smallest absolute Gasteiger partial charge is 0.259 e. The van der Waals surface area contributed by atoms with E-state index in [1.165, 1.54) is 0 Å². The summed E-state index contributed by atoms with van der Waals surface area (Å²) in [5.74, 6) is 0.219. The number of benzene rings is 1. The van der Waals surface area contributed by atoms with Crippen LogP contribution in [0.5, 0.6) is 0 Å². The Balaban J connectivity index is 1.69. The van der Waals surface area contributed by atoms with E-state index in [4.69, 9.17) is 5.73 Å². The van der Waals surface area contributed by atoms with E-state index in [9.17, 15) is 9.59 Å². The van der Waals surface area contributed by atoms with Crippen molar-refractivity contribution in [3.63, 3.8) is 0 Å². The zero-order valence-electron chi connectivity index (χ0n) is 15.4. The molecule has 0 saturated heterocycles. The van der Waals surface area contributed by atoms with Crippen LogP contribution in [-0.4, -0.2) is 30.2 Å². The molecule has 1 amide bonds. The molecule has 0 aliphatic rings. The maximum Gasteiger partial charge on any atom is 0.259 e. The summed E-state index contributed by atoms with van der Waals surface area (Å²) in [7, 11) is 0. The number of aromatic nitrogens is 5. The summed E-state index contributed by atoms with van der Waals surface area (Å²) >= 11 is 0. The van der Waals surface area contributed by atoms with Gasteiger partial charge in [0.1, 0.15) is 5.82 Å². The van der Waals surface area contributed by atoms with Crippen molar-refractivity contribution in [3.05, 3.63) is 65.0 Å². The number of carbonyl (C=O) groups excluding carboxylic acids is 1. The Morgan fingerprint density at radius 1 is 1.29 bits per heavy atom. The predicted octanol–water partition coefficient (Wildman–Crippen LogP) is 2.15. The Kier molecular flexibility index (Phi) is 4.52. The van der Waals surface area contributed by atoms with Crippen LogP contribution in [0.2, 0.25) is 0 Å². The lowest BCUT2D eigenvalue weighted by molar-refractivity contribution is -0.118. The molecule has 8 nitrogen and oxygen atoms in total. The minimum absolute atomic E-state index is 0.197. The first-order valence-electron chi connectivity index (χ1n) is 9.00. The standard InChI is InChI=1S/C20H20N6O2/c1-13-4-5-17-14(9-13)10-16(20(28)24-17)19-22-6-8-26(19)15-11-23-25(12-15)7-2-3-18(21)27/h4-6,8-12H,2-3,7H2,1H3,(H2,21,27)(H,24,28). The van der Waals surface area contributed by atoms with Gasteiger partial charge >= 0.3 is 0 Å². The third-order valence-corrected chi connectivity index (χ3v) is 4.59. The number of rotatable bonds is 6. The summed E-state index contributed by atoms with van der Waals surface area (Å²) in [6, 6.07) is 7.75. The number of imidazole rings is 1. The molecule has 4 aromatic rings.